The molecule has 2 atom stereocenters. The summed E-state index contributed by atoms with van der Waals surface area (Å²) in [6.45, 7) is 2.45. The van der Waals surface area contributed by atoms with Crippen LogP contribution in [0.4, 0.5) is 0 Å². The first-order valence-corrected chi connectivity index (χ1v) is 8.60. The number of carbonyl (C=O) groups excluding carboxylic acids is 1. The van der Waals surface area contributed by atoms with E-state index in [2.05, 4.69) is 15.2 Å². The number of benzene rings is 1. The van der Waals surface area contributed by atoms with Gasteiger partial charge in [-0.2, -0.15) is 5.10 Å². The number of hydrogen-bond donors (Lipinski definition) is 1. The number of aryl methyl sites for hydroxylation is 1. The number of nitrogens with one attached hydrogen (secondary N) is 1. The fourth-order valence-corrected chi connectivity index (χ4v) is 3.13. The minimum absolute atomic E-state index is 0.0348. The molecule has 1 aliphatic heterocycles. The first kappa shape index (κ1) is 17.4. The van der Waals surface area contributed by atoms with Crippen molar-refractivity contribution in [2.45, 2.75) is 38.3 Å². The van der Waals surface area contributed by atoms with Gasteiger partial charge in [-0.15, -0.1) is 0 Å². The lowest BCUT2D eigenvalue weighted by molar-refractivity contribution is -0.132. The Labute approximate surface area is 147 Å². The van der Waals surface area contributed by atoms with Crippen LogP contribution in [0.15, 0.2) is 36.4 Å². The molecule has 25 heavy (non-hydrogen) atoms. The van der Waals surface area contributed by atoms with Gasteiger partial charge in [-0.25, -0.2) is 4.98 Å². The van der Waals surface area contributed by atoms with Gasteiger partial charge in [0.05, 0.1) is 12.1 Å². The van der Waals surface area contributed by atoms with Crippen LogP contribution in [-0.2, 0) is 9.53 Å². The Hall–Kier alpha value is -2.47. The second-order valence-electron chi connectivity index (χ2n) is 6.29. The van der Waals surface area contributed by atoms with Crippen LogP contribution in [0.1, 0.15) is 42.5 Å². The van der Waals surface area contributed by atoms with E-state index in [0.717, 1.165) is 17.8 Å². The monoisotopic (exact) mass is 340 g/mol. The first-order valence-electron chi connectivity index (χ1n) is 8.60. The maximum absolute atomic E-state index is 12.7. The molecule has 1 N–H and O–H groups in total. The highest BCUT2D eigenvalue weighted by molar-refractivity contribution is 5.77. The lowest BCUT2D eigenvalue weighted by Crippen LogP contribution is -2.32. The highest BCUT2D eigenvalue weighted by atomic mass is 16.5. The summed E-state index contributed by atoms with van der Waals surface area (Å²) in [5, 5.41) is 7.09. The third-order valence-electron chi connectivity index (χ3n) is 4.46. The number of methoxy groups -OCH3 is 1. The maximum Gasteiger partial charge on any atom is 0.223 e. The molecule has 2 heterocycles. The van der Waals surface area contributed by atoms with Gasteiger partial charge in [-0.05, 0) is 18.9 Å². The van der Waals surface area contributed by atoms with Crippen molar-refractivity contribution in [1.82, 2.24) is 20.1 Å². The topological polar surface area (TPSA) is 71.1 Å². The van der Waals surface area contributed by atoms with Crippen molar-refractivity contribution in [3.05, 3.63) is 53.6 Å². The number of H-pyrrole nitrogens is 1. The summed E-state index contributed by atoms with van der Waals surface area (Å²) >= 11 is 0. The molecule has 0 bridgehead atoms. The van der Waals surface area contributed by atoms with E-state index in [9.17, 15) is 4.79 Å². The van der Waals surface area contributed by atoms with E-state index in [4.69, 9.17) is 4.74 Å². The Morgan fingerprint density at radius 1 is 1.40 bits per heavy atom. The van der Waals surface area contributed by atoms with Gasteiger partial charge in [-0.1, -0.05) is 42.5 Å². The predicted octanol–water partition coefficient (Wildman–Crippen LogP) is 2.90. The van der Waals surface area contributed by atoms with Crippen molar-refractivity contribution < 1.29 is 9.53 Å². The summed E-state index contributed by atoms with van der Waals surface area (Å²) < 4.78 is 5.46. The lowest BCUT2D eigenvalue weighted by Gasteiger charge is -2.22. The van der Waals surface area contributed by atoms with Crippen LogP contribution in [0.25, 0.3) is 6.08 Å². The average Bonchev–Trinajstić information content (AvgIpc) is 3.25. The number of likely N-dealkylation sites (tertiary alicyclic amines) is 1. The molecule has 132 valence electrons. The third kappa shape index (κ3) is 4.33. The highest BCUT2D eigenvalue weighted by Crippen LogP contribution is 2.32. The van der Waals surface area contributed by atoms with Gasteiger partial charge in [-0.3, -0.25) is 9.89 Å². The average molecular weight is 340 g/mol. The third-order valence-corrected chi connectivity index (χ3v) is 4.46. The highest BCUT2D eigenvalue weighted by Gasteiger charge is 2.38. The molecule has 2 aromatic rings. The van der Waals surface area contributed by atoms with E-state index in [1.807, 2.05) is 54.3 Å². The van der Waals surface area contributed by atoms with Gasteiger partial charge >= 0.3 is 0 Å². The SMILES string of the molecule is CO[C@@H]1C[C@@H](c2n[nH]c(C)n2)N(C(=O)CC/C=C/c2ccccc2)C1. The number of carbonyl (C=O) groups is 1. The zero-order chi connectivity index (χ0) is 17.6. The number of ether oxygens (including phenoxy) is 1. The molecule has 0 unspecified atom stereocenters. The molecule has 0 radical (unpaired) electrons. The second kappa shape index (κ2) is 8.07. The Bertz CT molecular complexity index is 726. The molecule has 6 heteroatoms. The molecule has 3 rings (SSSR count). The van der Waals surface area contributed by atoms with Crippen LogP contribution < -0.4 is 0 Å². The fraction of sp³-hybridized carbons (Fsp3) is 0.421. The van der Waals surface area contributed by atoms with Crippen molar-refractivity contribution >= 4 is 12.0 Å². The zero-order valence-corrected chi connectivity index (χ0v) is 14.7. The quantitative estimate of drug-likeness (QED) is 0.878. The number of amides is 1. The molecule has 1 saturated heterocycles. The molecule has 1 fully saturated rings. The number of allylic oxidation sites excluding steroid dienone is 1. The first-order chi connectivity index (χ1) is 12.2. The minimum Gasteiger partial charge on any atom is -0.380 e. The van der Waals surface area contributed by atoms with Crippen LogP contribution >= 0.6 is 0 Å². The number of aromatic amines is 1. The fourth-order valence-electron chi connectivity index (χ4n) is 3.13. The van der Waals surface area contributed by atoms with Crippen molar-refractivity contribution in [3.63, 3.8) is 0 Å². The summed E-state index contributed by atoms with van der Waals surface area (Å²) in [7, 11) is 1.68. The standard InChI is InChI=1S/C19H24N4O2/c1-14-20-19(22-21-14)17-12-16(25-2)13-23(17)18(24)11-7-6-10-15-8-4-3-5-9-15/h3-6,8-10,16-17H,7,11-13H2,1-2H3,(H,20,21,22)/b10-6+/t16-,17+/m1/s1. The molecule has 1 aromatic heterocycles. The summed E-state index contributed by atoms with van der Waals surface area (Å²) in [4.78, 5) is 18.9. The Kier molecular flexibility index (Phi) is 5.60. The van der Waals surface area contributed by atoms with E-state index in [1.165, 1.54) is 0 Å². The van der Waals surface area contributed by atoms with E-state index >= 15 is 0 Å². The summed E-state index contributed by atoms with van der Waals surface area (Å²) in [5.41, 5.74) is 1.14. The Balaban J connectivity index is 1.60. The van der Waals surface area contributed by atoms with Crippen molar-refractivity contribution in [2.24, 2.45) is 0 Å². The molecule has 0 spiro atoms. The second-order valence-corrected chi connectivity index (χ2v) is 6.29. The number of aromatic nitrogens is 3. The van der Waals surface area contributed by atoms with Crippen LogP contribution in [0.3, 0.4) is 0 Å². The van der Waals surface area contributed by atoms with Crippen LogP contribution in [0.5, 0.6) is 0 Å². The molecule has 6 nitrogen and oxygen atoms in total. The zero-order valence-electron chi connectivity index (χ0n) is 14.7. The Morgan fingerprint density at radius 2 is 2.20 bits per heavy atom. The van der Waals surface area contributed by atoms with Crippen molar-refractivity contribution in [1.29, 1.82) is 0 Å². The van der Waals surface area contributed by atoms with Crippen LogP contribution in [-0.4, -0.2) is 45.7 Å². The molecular formula is C19H24N4O2. The van der Waals surface area contributed by atoms with Gasteiger partial charge in [0.2, 0.25) is 5.91 Å². The molecule has 1 amide bonds. The van der Waals surface area contributed by atoms with Crippen molar-refractivity contribution in [3.8, 4) is 0 Å². The summed E-state index contributed by atoms with van der Waals surface area (Å²) in [5.74, 6) is 1.55. The van der Waals surface area contributed by atoms with E-state index in [0.29, 0.717) is 25.2 Å². The van der Waals surface area contributed by atoms with Gasteiger partial charge in [0.25, 0.3) is 0 Å². The molecular weight excluding hydrogens is 316 g/mol. The molecule has 0 saturated carbocycles. The van der Waals surface area contributed by atoms with Crippen LogP contribution in [0, 0.1) is 6.92 Å². The molecule has 0 aliphatic carbocycles. The molecule has 1 aromatic carbocycles. The predicted molar refractivity (Wildman–Crippen MR) is 95.7 cm³/mol. The largest absolute Gasteiger partial charge is 0.380 e. The lowest BCUT2D eigenvalue weighted by atomic mass is 10.1. The Morgan fingerprint density at radius 3 is 2.88 bits per heavy atom. The van der Waals surface area contributed by atoms with E-state index < -0.39 is 0 Å². The van der Waals surface area contributed by atoms with E-state index in [-0.39, 0.29) is 18.1 Å². The number of nitrogens with zero attached hydrogens (tertiary/aromatic N) is 3. The molecule has 1 aliphatic rings. The summed E-state index contributed by atoms with van der Waals surface area (Å²) in [6, 6.07) is 9.98. The smallest absolute Gasteiger partial charge is 0.223 e. The minimum atomic E-state index is -0.111. The van der Waals surface area contributed by atoms with E-state index in [1.54, 1.807) is 7.11 Å². The van der Waals surface area contributed by atoms with Gasteiger partial charge in [0.1, 0.15) is 5.82 Å². The number of rotatable bonds is 6. The van der Waals surface area contributed by atoms with Gasteiger partial charge in [0.15, 0.2) is 5.82 Å². The van der Waals surface area contributed by atoms with Crippen LogP contribution in [0.2, 0.25) is 0 Å². The van der Waals surface area contributed by atoms with Gasteiger partial charge < -0.3 is 9.64 Å². The van der Waals surface area contributed by atoms with Crippen molar-refractivity contribution in [2.75, 3.05) is 13.7 Å². The van der Waals surface area contributed by atoms with Gasteiger partial charge in [0, 0.05) is 26.5 Å². The normalized spacial score (nSPS) is 20.5. The number of hydrogen-bond acceptors (Lipinski definition) is 4. The maximum atomic E-state index is 12.7. The summed E-state index contributed by atoms with van der Waals surface area (Å²) in [6.07, 6.45) is 6.04.